The van der Waals surface area contributed by atoms with Gasteiger partial charge in [-0.25, -0.2) is 0 Å². The molecule has 0 aliphatic heterocycles. The molecule has 1 aromatic carbocycles. The van der Waals surface area contributed by atoms with Crippen molar-refractivity contribution in [2.75, 3.05) is 14.2 Å². The largest absolute Gasteiger partial charge is 0.497 e. The summed E-state index contributed by atoms with van der Waals surface area (Å²) in [4.78, 5) is 12.0. The Morgan fingerprint density at radius 3 is 2.67 bits per heavy atom. The van der Waals surface area contributed by atoms with Crippen LogP contribution >= 0.6 is 0 Å². The first-order valence-corrected chi connectivity index (χ1v) is 5.91. The fraction of sp³-hybridized carbons (Fsp3) is 0.357. The van der Waals surface area contributed by atoms with Crippen molar-refractivity contribution in [2.45, 2.75) is 19.8 Å². The number of carbonyl (C=O) groups excluding carboxylic acids is 1. The predicted molar refractivity (Wildman–Crippen MR) is 70.2 cm³/mol. The maximum atomic E-state index is 12.0. The molecular weight excluding hydrogens is 230 g/mol. The Labute approximate surface area is 106 Å². The Morgan fingerprint density at radius 1 is 1.39 bits per heavy atom. The first-order valence-electron chi connectivity index (χ1n) is 5.91. The van der Waals surface area contributed by atoms with E-state index < -0.39 is 0 Å². The lowest BCUT2D eigenvalue weighted by atomic mass is 10.0. The highest BCUT2D eigenvalue weighted by Crippen LogP contribution is 2.32. The molecule has 1 aromatic heterocycles. The Balaban J connectivity index is 2.71. The van der Waals surface area contributed by atoms with Crippen LogP contribution < -0.4 is 10.1 Å². The number of carbonyl (C=O) groups is 1. The minimum Gasteiger partial charge on any atom is -0.497 e. The van der Waals surface area contributed by atoms with Crippen LogP contribution in [0.3, 0.4) is 0 Å². The molecule has 0 atom stereocenters. The molecule has 0 aliphatic rings. The number of rotatable bonds is 3. The molecular formula is C14H17NO3. The second-order valence-corrected chi connectivity index (χ2v) is 4.44. The first kappa shape index (κ1) is 12.5. The smallest absolute Gasteiger partial charge is 0.255 e. The number of ether oxygens (including phenoxy) is 1. The number of amides is 1. The molecule has 4 heteroatoms. The summed E-state index contributed by atoms with van der Waals surface area (Å²) in [5, 5.41) is 3.47. The van der Waals surface area contributed by atoms with Crippen molar-refractivity contribution in [3.8, 4) is 5.75 Å². The van der Waals surface area contributed by atoms with Crippen LogP contribution in [0.1, 0.15) is 35.9 Å². The monoisotopic (exact) mass is 247 g/mol. The number of fused-ring (bicyclic) bond motifs is 1. The second kappa shape index (κ2) is 4.72. The van der Waals surface area contributed by atoms with Crippen molar-refractivity contribution in [2.24, 2.45) is 0 Å². The third-order valence-electron chi connectivity index (χ3n) is 2.90. The van der Waals surface area contributed by atoms with E-state index in [1.807, 2.05) is 26.0 Å². The lowest BCUT2D eigenvalue weighted by molar-refractivity contribution is 0.0962. The maximum absolute atomic E-state index is 12.0. The van der Waals surface area contributed by atoms with Crippen LogP contribution in [-0.2, 0) is 0 Å². The van der Waals surface area contributed by atoms with Crippen molar-refractivity contribution < 1.29 is 13.9 Å². The Bertz CT molecular complexity index is 584. The standard InChI is InChI=1S/C14H17NO3/c1-8(2)13-12(14(16)15-3)10-6-5-9(17-4)7-11(10)18-13/h5-8H,1-4H3,(H,15,16). The molecule has 18 heavy (non-hydrogen) atoms. The fourth-order valence-corrected chi connectivity index (χ4v) is 1.99. The van der Waals surface area contributed by atoms with Gasteiger partial charge < -0.3 is 14.5 Å². The van der Waals surface area contributed by atoms with Gasteiger partial charge in [0.1, 0.15) is 17.1 Å². The van der Waals surface area contributed by atoms with Gasteiger partial charge >= 0.3 is 0 Å². The molecule has 0 spiro atoms. The average molecular weight is 247 g/mol. The minimum absolute atomic E-state index is 0.123. The van der Waals surface area contributed by atoms with Crippen molar-refractivity contribution in [1.29, 1.82) is 0 Å². The molecule has 4 nitrogen and oxygen atoms in total. The summed E-state index contributed by atoms with van der Waals surface area (Å²) in [5.41, 5.74) is 1.29. The molecule has 96 valence electrons. The molecule has 2 rings (SSSR count). The summed E-state index contributed by atoms with van der Waals surface area (Å²) in [5.74, 6) is 1.45. The number of benzene rings is 1. The quantitative estimate of drug-likeness (QED) is 0.907. The summed E-state index contributed by atoms with van der Waals surface area (Å²) >= 11 is 0. The minimum atomic E-state index is -0.123. The SMILES string of the molecule is CNC(=O)c1c(C(C)C)oc2cc(OC)ccc12. The van der Waals surface area contributed by atoms with Crippen LogP contribution in [0.25, 0.3) is 11.0 Å². The summed E-state index contributed by atoms with van der Waals surface area (Å²) in [6.07, 6.45) is 0. The van der Waals surface area contributed by atoms with Crippen molar-refractivity contribution >= 4 is 16.9 Å². The Kier molecular flexibility index (Phi) is 3.28. The fourth-order valence-electron chi connectivity index (χ4n) is 1.99. The summed E-state index contributed by atoms with van der Waals surface area (Å²) in [7, 11) is 3.22. The summed E-state index contributed by atoms with van der Waals surface area (Å²) in [6, 6.07) is 5.48. The van der Waals surface area contributed by atoms with Gasteiger partial charge in [-0.2, -0.15) is 0 Å². The van der Waals surface area contributed by atoms with Gasteiger partial charge in [-0.05, 0) is 12.1 Å². The van der Waals surface area contributed by atoms with Gasteiger partial charge in [0.25, 0.3) is 5.91 Å². The van der Waals surface area contributed by atoms with E-state index in [0.29, 0.717) is 16.9 Å². The molecule has 1 N–H and O–H groups in total. The normalized spacial score (nSPS) is 10.9. The number of furan rings is 1. The van der Waals surface area contributed by atoms with Crippen LogP contribution in [0.5, 0.6) is 5.75 Å². The lowest BCUT2D eigenvalue weighted by Gasteiger charge is -2.04. The molecule has 0 radical (unpaired) electrons. The molecule has 2 aromatic rings. The molecule has 0 saturated carbocycles. The third-order valence-corrected chi connectivity index (χ3v) is 2.90. The Morgan fingerprint density at radius 2 is 2.11 bits per heavy atom. The van der Waals surface area contributed by atoms with E-state index >= 15 is 0 Å². The van der Waals surface area contributed by atoms with Gasteiger partial charge in [0.2, 0.25) is 0 Å². The highest BCUT2D eigenvalue weighted by atomic mass is 16.5. The van der Waals surface area contributed by atoms with E-state index in [2.05, 4.69) is 5.32 Å². The summed E-state index contributed by atoms with van der Waals surface area (Å²) in [6.45, 7) is 4.00. The number of methoxy groups -OCH3 is 1. The number of hydrogen-bond donors (Lipinski definition) is 1. The molecule has 1 amide bonds. The van der Waals surface area contributed by atoms with Gasteiger partial charge in [-0.15, -0.1) is 0 Å². The van der Waals surface area contributed by atoms with E-state index in [4.69, 9.17) is 9.15 Å². The first-order chi connectivity index (χ1) is 8.58. The van der Waals surface area contributed by atoms with Crippen LogP contribution in [0.15, 0.2) is 22.6 Å². The van der Waals surface area contributed by atoms with Crippen LogP contribution in [0, 0.1) is 0 Å². The van der Waals surface area contributed by atoms with Gasteiger partial charge in [0.05, 0.1) is 12.7 Å². The summed E-state index contributed by atoms with van der Waals surface area (Å²) < 4.78 is 10.9. The van der Waals surface area contributed by atoms with Crippen molar-refractivity contribution in [1.82, 2.24) is 5.32 Å². The predicted octanol–water partition coefficient (Wildman–Crippen LogP) is 2.92. The zero-order chi connectivity index (χ0) is 13.3. The maximum Gasteiger partial charge on any atom is 0.255 e. The highest BCUT2D eigenvalue weighted by Gasteiger charge is 2.22. The van der Waals surface area contributed by atoms with Gasteiger partial charge in [0.15, 0.2) is 0 Å². The van der Waals surface area contributed by atoms with E-state index in [1.165, 1.54) is 0 Å². The van der Waals surface area contributed by atoms with Gasteiger partial charge in [-0.3, -0.25) is 4.79 Å². The molecule has 0 bridgehead atoms. The van der Waals surface area contributed by atoms with E-state index in [0.717, 1.165) is 11.1 Å². The molecule has 0 fully saturated rings. The lowest BCUT2D eigenvalue weighted by Crippen LogP contribution is -2.19. The van der Waals surface area contributed by atoms with E-state index in [1.54, 1.807) is 20.2 Å². The van der Waals surface area contributed by atoms with Gasteiger partial charge in [-0.1, -0.05) is 13.8 Å². The van der Waals surface area contributed by atoms with Crippen LogP contribution in [-0.4, -0.2) is 20.1 Å². The molecule has 0 aliphatic carbocycles. The number of nitrogens with one attached hydrogen (secondary N) is 1. The van der Waals surface area contributed by atoms with E-state index in [9.17, 15) is 4.79 Å². The zero-order valence-electron chi connectivity index (χ0n) is 11.0. The third kappa shape index (κ3) is 1.94. The van der Waals surface area contributed by atoms with Gasteiger partial charge in [0, 0.05) is 24.4 Å². The Hall–Kier alpha value is -1.97. The second-order valence-electron chi connectivity index (χ2n) is 4.44. The van der Waals surface area contributed by atoms with Crippen molar-refractivity contribution in [3.63, 3.8) is 0 Å². The number of hydrogen-bond acceptors (Lipinski definition) is 3. The molecule has 0 saturated heterocycles. The van der Waals surface area contributed by atoms with E-state index in [-0.39, 0.29) is 11.8 Å². The highest BCUT2D eigenvalue weighted by molar-refractivity contribution is 6.07. The molecule has 1 heterocycles. The molecule has 0 unspecified atom stereocenters. The average Bonchev–Trinajstić information content (AvgIpc) is 2.76. The topological polar surface area (TPSA) is 51.5 Å². The zero-order valence-corrected chi connectivity index (χ0v) is 11.0. The van der Waals surface area contributed by atoms with Crippen LogP contribution in [0.4, 0.5) is 0 Å². The van der Waals surface area contributed by atoms with Crippen LogP contribution in [0.2, 0.25) is 0 Å². The van der Waals surface area contributed by atoms with Crippen molar-refractivity contribution in [3.05, 3.63) is 29.5 Å².